The molecule has 1 aliphatic rings. The highest BCUT2D eigenvalue weighted by atomic mass is 16.3. The molecule has 2 rings (SSSR count). The van der Waals surface area contributed by atoms with E-state index in [2.05, 4.69) is 34.3 Å². The minimum atomic E-state index is 0.428. The molecule has 0 unspecified atom stereocenters. The van der Waals surface area contributed by atoms with Crippen LogP contribution in [0.2, 0.25) is 0 Å². The van der Waals surface area contributed by atoms with E-state index in [0.29, 0.717) is 5.75 Å². The Balaban J connectivity index is 1.83. The summed E-state index contributed by atoms with van der Waals surface area (Å²) in [5.74, 6) is 0.428. The van der Waals surface area contributed by atoms with Gasteiger partial charge in [-0.25, -0.2) is 0 Å². The zero-order chi connectivity index (χ0) is 14.5. The van der Waals surface area contributed by atoms with Crippen LogP contribution in [0.15, 0.2) is 12.1 Å². The predicted molar refractivity (Wildman–Crippen MR) is 83.2 cm³/mol. The van der Waals surface area contributed by atoms with Crippen molar-refractivity contribution in [1.82, 2.24) is 15.1 Å². The fourth-order valence-electron chi connectivity index (χ4n) is 2.77. The molecule has 0 saturated carbocycles. The molecule has 4 nitrogen and oxygen atoms in total. The van der Waals surface area contributed by atoms with Crippen molar-refractivity contribution in [3.05, 3.63) is 28.8 Å². The molecule has 1 aliphatic heterocycles. The summed E-state index contributed by atoms with van der Waals surface area (Å²) in [5.41, 5.74) is 3.21. The van der Waals surface area contributed by atoms with E-state index >= 15 is 0 Å². The second kappa shape index (κ2) is 7.07. The zero-order valence-corrected chi connectivity index (χ0v) is 12.9. The van der Waals surface area contributed by atoms with Crippen LogP contribution in [0.1, 0.15) is 16.7 Å². The fraction of sp³-hybridized carbons (Fsp3) is 0.625. The smallest absolute Gasteiger partial charge is 0.121 e. The topological polar surface area (TPSA) is 38.7 Å². The number of hydrogen-bond acceptors (Lipinski definition) is 4. The standard InChI is InChI=1S/C16H27N3O/c1-13-10-15(11-14(2)16(13)20)12-18(3)8-9-19-6-4-17-5-7-19/h10-11,17,20H,4-9,12H2,1-3H3. The summed E-state index contributed by atoms with van der Waals surface area (Å²) in [4.78, 5) is 4.87. The summed E-state index contributed by atoms with van der Waals surface area (Å²) in [6.07, 6.45) is 0. The van der Waals surface area contributed by atoms with Crippen LogP contribution in [-0.4, -0.2) is 61.2 Å². The fourth-order valence-corrected chi connectivity index (χ4v) is 2.77. The Morgan fingerprint density at radius 3 is 2.40 bits per heavy atom. The monoisotopic (exact) mass is 277 g/mol. The van der Waals surface area contributed by atoms with Gasteiger partial charge in [0.2, 0.25) is 0 Å². The first-order valence-corrected chi connectivity index (χ1v) is 7.47. The lowest BCUT2D eigenvalue weighted by Gasteiger charge is -2.29. The molecule has 0 atom stereocenters. The van der Waals surface area contributed by atoms with E-state index in [1.165, 1.54) is 5.56 Å². The summed E-state index contributed by atoms with van der Waals surface area (Å²) < 4.78 is 0. The van der Waals surface area contributed by atoms with E-state index < -0.39 is 0 Å². The third-order valence-corrected chi connectivity index (χ3v) is 4.01. The molecule has 0 spiro atoms. The van der Waals surface area contributed by atoms with E-state index in [9.17, 15) is 5.11 Å². The van der Waals surface area contributed by atoms with Gasteiger partial charge in [0, 0.05) is 45.8 Å². The van der Waals surface area contributed by atoms with Gasteiger partial charge in [-0.3, -0.25) is 4.90 Å². The quantitative estimate of drug-likeness (QED) is 0.852. The first kappa shape index (κ1) is 15.3. The number of nitrogens with zero attached hydrogens (tertiary/aromatic N) is 2. The van der Waals surface area contributed by atoms with Gasteiger partial charge >= 0.3 is 0 Å². The molecular formula is C16H27N3O. The number of hydrogen-bond donors (Lipinski definition) is 2. The molecule has 0 aliphatic carbocycles. The summed E-state index contributed by atoms with van der Waals surface area (Å²) >= 11 is 0. The highest BCUT2D eigenvalue weighted by Crippen LogP contribution is 2.23. The van der Waals surface area contributed by atoms with Crippen molar-refractivity contribution in [1.29, 1.82) is 0 Å². The second-order valence-electron chi connectivity index (χ2n) is 5.91. The van der Waals surface area contributed by atoms with E-state index in [4.69, 9.17) is 0 Å². The average Bonchev–Trinajstić information content (AvgIpc) is 2.43. The number of piperazine rings is 1. The van der Waals surface area contributed by atoms with Crippen LogP contribution < -0.4 is 5.32 Å². The number of aryl methyl sites for hydroxylation is 2. The largest absolute Gasteiger partial charge is 0.507 e. The van der Waals surface area contributed by atoms with Crippen molar-refractivity contribution in [2.24, 2.45) is 0 Å². The van der Waals surface area contributed by atoms with Crippen molar-refractivity contribution in [3.63, 3.8) is 0 Å². The summed E-state index contributed by atoms with van der Waals surface area (Å²) in [6, 6.07) is 4.17. The molecule has 0 amide bonds. The third kappa shape index (κ3) is 4.20. The molecule has 0 aromatic heterocycles. The van der Waals surface area contributed by atoms with Crippen LogP contribution in [0.3, 0.4) is 0 Å². The number of aromatic hydroxyl groups is 1. The molecule has 20 heavy (non-hydrogen) atoms. The maximum absolute atomic E-state index is 9.81. The highest BCUT2D eigenvalue weighted by Gasteiger charge is 2.11. The molecule has 112 valence electrons. The molecular weight excluding hydrogens is 250 g/mol. The molecule has 1 saturated heterocycles. The van der Waals surface area contributed by atoms with Crippen LogP contribution in [0.4, 0.5) is 0 Å². The van der Waals surface area contributed by atoms with Crippen molar-refractivity contribution in [3.8, 4) is 5.75 Å². The van der Waals surface area contributed by atoms with E-state index in [1.54, 1.807) is 0 Å². The van der Waals surface area contributed by atoms with Crippen molar-refractivity contribution < 1.29 is 5.11 Å². The van der Waals surface area contributed by atoms with Crippen molar-refractivity contribution in [2.75, 3.05) is 46.3 Å². The Hall–Kier alpha value is -1.10. The Morgan fingerprint density at radius 1 is 1.20 bits per heavy atom. The Labute approximate surface area is 122 Å². The highest BCUT2D eigenvalue weighted by molar-refractivity contribution is 5.42. The molecule has 1 fully saturated rings. The molecule has 2 N–H and O–H groups in total. The van der Waals surface area contributed by atoms with Crippen molar-refractivity contribution >= 4 is 0 Å². The number of likely N-dealkylation sites (N-methyl/N-ethyl adjacent to an activating group) is 1. The predicted octanol–water partition coefficient (Wildman–Crippen LogP) is 1.35. The lowest BCUT2D eigenvalue weighted by atomic mass is 10.1. The third-order valence-electron chi connectivity index (χ3n) is 4.01. The maximum atomic E-state index is 9.81. The van der Waals surface area contributed by atoms with Gasteiger partial charge in [-0.15, -0.1) is 0 Å². The van der Waals surface area contributed by atoms with Crippen LogP contribution in [0.5, 0.6) is 5.75 Å². The minimum absolute atomic E-state index is 0.428. The van der Waals surface area contributed by atoms with Gasteiger partial charge < -0.3 is 15.3 Å². The number of benzene rings is 1. The molecule has 4 heteroatoms. The van der Waals surface area contributed by atoms with E-state index in [1.807, 2.05) is 13.8 Å². The first-order chi connectivity index (χ1) is 9.56. The van der Waals surface area contributed by atoms with Crippen LogP contribution in [0, 0.1) is 13.8 Å². The number of phenolic OH excluding ortho intramolecular Hbond substituents is 1. The number of rotatable bonds is 5. The normalized spacial score (nSPS) is 16.8. The van der Waals surface area contributed by atoms with Crippen LogP contribution >= 0.6 is 0 Å². The molecule has 1 heterocycles. The van der Waals surface area contributed by atoms with Gasteiger partial charge in [0.05, 0.1) is 0 Å². The molecule has 0 radical (unpaired) electrons. The first-order valence-electron chi connectivity index (χ1n) is 7.47. The maximum Gasteiger partial charge on any atom is 0.121 e. The lowest BCUT2D eigenvalue weighted by Crippen LogP contribution is -2.45. The van der Waals surface area contributed by atoms with Gasteiger partial charge in [0.15, 0.2) is 0 Å². The Bertz CT molecular complexity index is 418. The van der Waals surface area contributed by atoms with E-state index in [0.717, 1.165) is 56.9 Å². The van der Waals surface area contributed by atoms with Crippen LogP contribution in [-0.2, 0) is 6.54 Å². The summed E-state index contributed by atoms with van der Waals surface area (Å²) in [5, 5.41) is 13.2. The van der Waals surface area contributed by atoms with Gasteiger partial charge in [0.25, 0.3) is 0 Å². The van der Waals surface area contributed by atoms with Gasteiger partial charge in [-0.05, 0) is 37.6 Å². The van der Waals surface area contributed by atoms with Gasteiger partial charge in [-0.2, -0.15) is 0 Å². The average molecular weight is 277 g/mol. The van der Waals surface area contributed by atoms with Gasteiger partial charge in [0.1, 0.15) is 5.75 Å². The van der Waals surface area contributed by atoms with Gasteiger partial charge in [-0.1, -0.05) is 12.1 Å². The SMILES string of the molecule is Cc1cc(CN(C)CCN2CCNCC2)cc(C)c1O. The lowest BCUT2D eigenvalue weighted by molar-refractivity contribution is 0.202. The Morgan fingerprint density at radius 2 is 1.80 bits per heavy atom. The minimum Gasteiger partial charge on any atom is -0.507 e. The molecule has 1 aromatic rings. The summed E-state index contributed by atoms with van der Waals surface area (Å²) in [6.45, 7) is 11.6. The number of nitrogens with one attached hydrogen (secondary N) is 1. The van der Waals surface area contributed by atoms with Crippen molar-refractivity contribution in [2.45, 2.75) is 20.4 Å². The molecule has 0 bridgehead atoms. The number of phenols is 1. The second-order valence-corrected chi connectivity index (χ2v) is 5.91. The summed E-state index contributed by atoms with van der Waals surface area (Å²) in [7, 11) is 2.17. The zero-order valence-electron chi connectivity index (χ0n) is 12.9. The Kier molecular flexibility index (Phi) is 5.40. The van der Waals surface area contributed by atoms with E-state index in [-0.39, 0.29) is 0 Å². The van der Waals surface area contributed by atoms with Crippen LogP contribution in [0.25, 0.3) is 0 Å². The molecule has 1 aromatic carbocycles.